The summed E-state index contributed by atoms with van der Waals surface area (Å²) >= 11 is 0. The normalized spacial score (nSPS) is 12.1. The fraction of sp³-hybridized carbons (Fsp3) is 0.462. The largest absolute Gasteiger partial charge is 0.491 e. The van der Waals surface area contributed by atoms with Gasteiger partial charge in [0.2, 0.25) is 0 Å². The number of rotatable bonds is 9. The molecule has 0 heterocycles. The number of hydrogen-bond donors (Lipinski definition) is 2. The van der Waals surface area contributed by atoms with Gasteiger partial charge in [0.05, 0.1) is 6.61 Å². The van der Waals surface area contributed by atoms with E-state index in [1.807, 2.05) is 0 Å². The number of carboxylic acids is 1. The van der Waals surface area contributed by atoms with E-state index in [4.69, 9.17) is 25.1 Å². The first kappa shape index (κ1) is 15.4. The molecule has 1 aromatic carbocycles. The number of benzene rings is 1. The van der Waals surface area contributed by atoms with Gasteiger partial charge >= 0.3 is 5.97 Å². The highest BCUT2D eigenvalue weighted by Crippen LogP contribution is 2.13. The van der Waals surface area contributed by atoms with Crippen LogP contribution in [-0.4, -0.2) is 44.2 Å². The molecule has 0 amide bonds. The summed E-state index contributed by atoms with van der Waals surface area (Å²) in [6, 6.07) is 6.28. The third-order valence-electron chi connectivity index (χ3n) is 2.39. The summed E-state index contributed by atoms with van der Waals surface area (Å²) in [5.41, 5.74) is 6.31. The molecule has 19 heavy (non-hydrogen) atoms. The average molecular weight is 269 g/mol. The fourth-order valence-electron chi connectivity index (χ4n) is 1.42. The molecular weight excluding hydrogens is 250 g/mol. The van der Waals surface area contributed by atoms with Crippen molar-refractivity contribution in [3.05, 3.63) is 29.8 Å². The molecule has 0 saturated heterocycles. The summed E-state index contributed by atoms with van der Waals surface area (Å²) in [4.78, 5) is 10.6. The van der Waals surface area contributed by atoms with Crippen LogP contribution in [0.3, 0.4) is 0 Å². The van der Waals surface area contributed by atoms with Gasteiger partial charge in [-0.2, -0.15) is 0 Å². The lowest BCUT2D eigenvalue weighted by atomic mass is 10.1. The highest BCUT2D eigenvalue weighted by atomic mass is 16.7. The van der Waals surface area contributed by atoms with E-state index in [-0.39, 0.29) is 6.79 Å². The summed E-state index contributed by atoms with van der Waals surface area (Å²) in [6.07, 6.45) is 0.298. The first-order valence-electron chi connectivity index (χ1n) is 5.90. The summed E-state index contributed by atoms with van der Waals surface area (Å²) < 4.78 is 15.2. The highest BCUT2D eigenvalue weighted by molar-refractivity contribution is 5.73. The minimum atomic E-state index is -1.00. The fourth-order valence-corrected chi connectivity index (χ4v) is 1.42. The summed E-state index contributed by atoms with van der Waals surface area (Å²) in [5.74, 6) is -0.302. The molecule has 1 atom stereocenters. The van der Waals surface area contributed by atoms with Crippen molar-refractivity contribution in [2.75, 3.05) is 27.1 Å². The van der Waals surface area contributed by atoms with E-state index >= 15 is 0 Å². The van der Waals surface area contributed by atoms with Gasteiger partial charge in [-0.25, -0.2) is 0 Å². The second kappa shape index (κ2) is 8.47. The van der Waals surface area contributed by atoms with E-state index < -0.39 is 12.0 Å². The van der Waals surface area contributed by atoms with Gasteiger partial charge < -0.3 is 25.1 Å². The van der Waals surface area contributed by atoms with E-state index in [0.717, 1.165) is 5.56 Å². The molecule has 0 aliphatic carbocycles. The zero-order valence-electron chi connectivity index (χ0n) is 10.9. The van der Waals surface area contributed by atoms with Crippen molar-refractivity contribution in [1.82, 2.24) is 0 Å². The minimum Gasteiger partial charge on any atom is -0.491 e. The van der Waals surface area contributed by atoms with Crippen LogP contribution in [-0.2, 0) is 20.7 Å². The molecule has 0 aliphatic heterocycles. The first-order valence-corrected chi connectivity index (χ1v) is 5.90. The second-order valence-electron chi connectivity index (χ2n) is 3.96. The number of carbonyl (C=O) groups is 1. The Labute approximate surface area is 112 Å². The van der Waals surface area contributed by atoms with Crippen molar-refractivity contribution >= 4 is 5.97 Å². The maximum Gasteiger partial charge on any atom is 0.320 e. The van der Waals surface area contributed by atoms with Crippen molar-refractivity contribution in [2.45, 2.75) is 12.5 Å². The van der Waals surface area contributed by atoms with E-state index in [9.17, 15) is 4.79 Å². The summed E-state index contributed by atoms with van der Waals surface area (Å²) in [7, 11) is 1.56. The molecule has 0 bridgehead atoms. The number of carboxylic acid groups (broad SMARTS) is 1. The Bertz CT molecular complexity index is 379. The molecule has 3 N–H and O–H groups in total. The lowest BCUT2D eigenvalue weighted by Gasteiger charge is -2.09. The second-order valence-corrected chi connectivity index (χ2v) is 3.96. The van der Waals surface area contributed by atoms with Gasteiger partial charge in [0.1, 0.15) is 25.2 Å². The zero-order chi connectivity index (χ0) is 14.1. The third kappa shape index (κ3) is 6.19. The monoisotopic (exact) mass is 269 g/mol. The van der Waals surface area contributed by atoms with Crippen LogP contribution in [0.15, 0.2) is 24.3 Å². The lowest BCUT2D eigenvalue weighted by Crippen LogP contribution is -2.32. The van der Waals surface area contributed by atoms with Gasteiger partial charge in [-0.15, -0.1) is 0 Å². The third-order valence-corrected chi connectivity index (χ3v) is 2.39. The Morgan fingerprint density at radius 3 is 2.58 bits per heavy atom. The van der Waals surface area contributed by atoms with E-state index in [0.29, 0.717) is 25.4 Å². The van der Waals surface area contributed by atoms with Crippen molar-refractivity contribution in [3.8, 4) is 5.75 Å². The molecule has 106 valence electrons. The van der Waals surface area contributed by atoms with Gasteiger partial charge in [-0.1, -0.05) is 12.1 Å². The van der Waals surface area contributed by atoms with Crippen LogP contribution < -0.4 is 10.5 Å². The molecule has 0 aromatic heterocycles. The molecular formula is C13H19NO5. The smallest absolute Gasteiger partial charge is 0.320 e. The van der Waals surface area contributed by atoms with E-state index in [1.165, 1.54) is 0 Å². The number of nitrogens with two attached hydrogens (primary N) is 1. The molecule has 0 fully saturated rings. The Hall–Kier alpha value is -1.63. The van der Waals surface area contributed by atoms with Crippen LogP contribution >= 0.6 is 0 Å². The molecule has 6 heteroatoms. The zero-order valence-corrected chi connectivity index (χ0v) is 10.9. The molecule has 6 nitrogen and oxygen atoms in total. The Morgan fingerprint density at radius 1 is 1.32 bits per heavy atom. The topological polar surface area (TPSA) is 91.0 Å². The maximum atomic E-state index is 10.6. The summed E-state index contributed by atoms with van der Waals surface area (Å²) in [5, 5.41) is 8.71. The Morgan fingerprint density at radius 2 is 2.00 bits per heavy atom. The van der Waals surface area contributed by atoms with Crippen LogP contribution in [0, 0.1) is 0 Å². The number of ether oxygens (including phenoxy) is 3. The van der Waals surface area contributed by atoms with Gasteiger partial charge in [0.25, 0.3) is 0 Å². The van der Waals surface area contributed by atoms with Crippen LogP contribution in [0.2, 0.25) is 0 Å². The molecule has 0 aliphatic rings. The van der Waals surface area contributed by atoms with Crippen molar-refractivity contribution in [3.63, 3.8) is 0 Å². The maximum absolute atomic E-state index is 10.6. The van der Waals surface area contributed by atoms with Gasteiger partial charge in [0, 0.05) is 7.11 Å². The number of aliphatic carboxylic acids is 1. The predicted molar refractivity (Wildman–Crippen MR) is 69.1 cm³/mol. The molecule has 0 radical (unpaired) electrons. The van der Waals surface area contributed by atoms with Gasteiger partial charge in [-0.05, 0) is 24.1 Å². The van der Waals surface area contributed by atoms with Crippen LogP contribution in [0.5, 0.6) is 5.75 Å². The number of hydrogen-bond acceptors (Lipinski definition) is 5. The van der Waals surface area contributed by atoms with Crippen LogP contribution in [0.1, 0.15) is 5.56 Å². The summed E-state index contributed by atoms with van der Waals surface area (Å²) in [6.45, 7) is 1.12. The molecule has 0 saturated carbocycles. The number of methoxy groups -OCH3 is 1. The quantitative estimate of drug-likeness (QED) is 0.505. The standard InChI is InChI=1S/C13H19NO5/c1-17-9-18-6-7-19-11-4-2-10(3-5-11)8-12(14)13(15)16/h2-5,12H,6-9,14H2,1H3,(H,15,16). The SMILES string of the molecule is COCOCCOc1ccc(CC(N)C(=O)O)cc1. The molecule has 0 spiro atoms. The van der Waals surface area contributed by atoms with Gasteiger partial charge in [0.15, 0.2) is 0 Å². The van der Waals surface area contributed by atoms with E-state index in [2.05, 4.69) is 0 Å². The molecule has 1 aromatic rings. The van der Waals surface area contributed by atoms with E-state index in [1.54, 1.807) is 31.4 Å². The van der Waals surface area contributed by atoms with Crippen molar-refractivity contribution in [1.29, 1.82) is 0 Å². The lowest BCUT2D eigenvalue weighted by molar-refractivity contribution is -0.138. The first-order chi connectivity index (χ1) is 9.13. The Balaban J connectivity index is 2.33. The van der Waals surface area contributed by atoms with Gasteiger partial charge in [-0.3, -0.25) is 4.79 Å². The van der Waals surface area contributed by atoms with Crippen LogP contribution in [0.4, 0.5) is 0 Å². The van der Waals surface area contributed by atoms with Crippen molar-refractivity contribution < 1.29 is 24.1 Å². The predicted octanol–water partition coefficient (Wildman–Crippen LogP) is 0.640. The average Bonchev–Trinajstić information content (AvgIpc) is 2.40. The molecule has 1 rings (SSSR count). The minimum absolute atomic E-state index is 0.245. The Kier molecular flexibility index (Phi) is 6.88. The highest BCUT2D eigenvalue weighted by Gasteiger charge is 2.11. The molecule has 1 unspecified atom stereocenters. The van der Waals surface area contributed by atoms with Crippen LogP contribution in [0.25, 0.3) is 0 Å². The van der Waals surface area contributed by atoms with Crippen molar-refractivity contribution in [2.24, 2.45) is 5.73 Å².